The number of aromatic carboxylic acids is 1. The van der Waals surface area contributed by atoms with E-state index in [4.69, 9.17) is 9.47 Å². The Morgan fingerprint density at radius 3 is 2.60 bits per heavy atom. The second-order valence-electron chi connectivity index (χ2n) is 12.2. The Bertz CT molecular complexity index is 1320. The molecule has 2 unspecified atom stereocenters. The van der Waals surface area contributed by atoms with Crippen LogP contribution in [-0.2, 0) is 14.3 Å². The van der Waals surface area contributed by atoms with Crippen molar-refractivity contribution in [1.82, 2.24) is 0 Å². The lowest BCUT2D eigenvalue weighted by Gasteiger charge is -2.59. The van der Waals surface area contributed by atoms with Gasteiger partial charge >= 0.3 is 5.97 Å². The summed E-state index contributed by atoms with van der Waals surface area (Å²) in [6, 6.07) is 2.15. The van der Waals surface area contributed by atoms with Crippen molar-refractivity contribution in [3.8, 4) is 11.5 Å². The zero-order valence-corrected chi connectivity index (χ0v) is 23.2. The molecule has 1 aromatic carbocycles. The first-order valence-electron chi connectivity index (χ1n) is 14.1. The van der Waals surface area contributed by atoms with Gasteiger partial charge in [0.15, 0.2) is 11.5 Å². The second-order valence-corrected chi connectivity index (χ2v) is 12.2. The van der Waals surface area contributed by atoms with Crippen LogP contribution in [-0.4, -0.2) is 85.6 Å². The summed E-state index contributed by atoms with van der Waals surface area (Å²) < 4.78 is 11.0. The van der Waals surface area contributed by atoms with Crippen LogP contribution in [0.1, 0.15) is 55.8 Å². The number of carbonyl (C=O) groups is 3. The molecule has 1 aliphatic heterocycles. The maximum Gasteiger partial charge on any atom is 0.339 e. The highest BCUT2D eigenvalue weighted by atomic mass is 16.7. The Kier molecular flexibility index (Phi) is 7.96. The van der Waals surface area contributed by atoms with Crippen LogP contribution in [0, 0.1) is 22.7 Å². The average molecular weight is 588 g/mol. The van der Waals surface area contributed by atoms with Crippen molar-refractivity contribution in [1.29, 1.82) is 0 Å². The number of carboxylic acids is 1. The van der Waals surface area contributed by atoms with E-state index in [0.717, 1.165) is 37.8 Å². The number of aliphatic hydroxyl groups excluding tert-OH is 4. The number of benzene rings is 1. The number of nitrogens with one attached hydrogen (secondary N) is 1. The number of hydrogen-bond acceptors (Lipinski definition) is 10. The summed E-state index contributed by atoms with van der Waals surface area (Å²) in [5.41, 5.74) is -0.706. The fourth-order valence-corrected chi connectivity index (χ4v) is 7.29. The van der Waals surface area contributed by atoms with Crippen LogP contribution in [0.5, 0.6) is 11.5 Å². The van der Waals surface area contributed by atoms with Crippen molar-refractivity contribution in [2.75, 3.05) is 11.9 Å². The zero-order chi connectivity index (χ0) is 30.6. The molecule has 9 atom stereocenters. The molecular formula is C30H37NO11. The summed E-state index contributed by atoms with van der Waals surface area (Å²) in [4.78, 5) is 38.2. The van der Waals surface area contributed by atoms with Crippen LogP contribution >= 0.6 is 0 Å². The maximum atomic E-state index is 13.3. The van der Waals surface area contributed by atoms with Gasteiger partial charge in [-0.1, -0.05) is 25.2 Å². The van der Waals surface area contributed by atoms with E-state index in [1.165, 1.54) is 5.57 Å². The number of aromatic hydroxyl groups is 1. The van der Waals surface area contributed by atoms with Crippen LogP contribution in [0.4, 0.5) is 5.69 Å². The molecule has 42 heavy (non-hydrogen) atoms. The number of ether oxygens (including phenoxy) is 2. The molecule has 0 aromatic heterocycles. The normalized spacial score (nSPS) is 37.3. The summed E-state index contributed by atoms with van der Waals surface area (Å²) in [5.74, 6) is -2.85. The largest absolute Gasteiger partial charge is 0.505 e. The number of hydrogen-bond donors (Lipinski definition) is 7. The number of phenols is 1. The number of allylic oxidation sites excluding steroid dienone is 3. The van der Waals surface area contributed by atoms with Gasteiger partial charge in [-0.2, -0.15) is 0 Å². The first-order valence-corrected chi connectivity index (χ1v) is 14.1. The summed E-state index contributed by atoms with van der Waals surface area (Å²) in [6.07, 6.45) is -0.710. The predicted molar refractivity (Wildman–Crippen MR) is 147 cm³/mol. The molecule has 12 heteroatoms. The minimum absolute atomic E-state index is 0.0494. The molecule has 1 aromatic rings. The molecule has 12 nitrogen and oxygen atoms in total. The molecule has 3 saturated carbocycles. The molecule has 7 N–H and O–H groups in total. The van der Waals surface area contributed by atoms with Crippen molar-refractivity contribution in [3.63, 3.8) is 0 Å². The van der Waals surface area contributed by atoms with Gasteiger partial charge in [0.1, 0.15) is 41.4 Å². The molecule has 1 heterocycles. The van der Waals surface area contributed by atoms with Crippen molar-refractivity contribution in [2.24, 2.45) is 22.7 Å². The van der Waals surface area contributed by atoms with E-state index in [-0.39, 0.29) is 35.7 Å². The predicted octanol–water partition coefficient (Wildman–Crippen LogP) is 1.50. The van der Waals surface area contributed by atoms with Crippen molar-refractivity contribution in [3.05, 3.63) is 42.0 Å². The highest BCUT2D eigenvalue weighted by Crippen LogP contribution is 2.64. The van der Waals surface area contributed by atoms with Gasteiger partial charge in [0, 0.05) is 11.8 Å². The molecule has 4 aliphatic carbocycles. The molecule has 1 amide bonds. The fraction of sp³-hybridized carbons (Fsp3) is 0.567. The highest BCUT2D eigenvalue weighted by Gasteiger charge is 2.58. The third kappa shape index (κ3) is 5.01. The van der Waals surface area contributed by atoms with Gasteiger partial charge in [0.2, 0.25) is 12.2 Å². The van der Waals surface area contributed by atoms with Crippen LogP contribution in [0.3, 0.4) is 0 Å². The molecule has 2 bridgehead atoms. The Morgan fingerprint density at radius 2 is 1.93 bits per heavy atom. The molecular weight excluding hydrogens is 550 g/mol. The second kappa shape index (κ2) is 11.1. The number of amides is 1. The van der Waals surface area contributed by atoms with Crippen LogP contribution in [0.25, 0.3) is 0 Å². The number of fused-ring (bicyclic) bond motifs is 2. The van der Waals surface area contributed by atoms with Crippen molar-refractivity contribution in [2.45, 2.75) is 76.2 Å². The lowest BCUT2D eigenvalue weighted by molar-refractivity contribution is -0.277. The molecule has 0 radical (unpaired) electrons. The molecule has 1 spiro atoms. The average Bonchev–Trinajstić information content (AvgIpc) is 2.96. The third-order valence-corrected chi connectivity index (χ3v) is 9.80. The smallest absolute Gasteiger partial charge is 0.339 e. The van der Waals surface area contributed by atoms with Crippen molar-refractivity contribution < 1.29 is 54.5 Å². The van der Waals surface area contributed by atoms with Crippen LogP contribution in [0.15, 0.2) is 36.4 Å². The number of carboxylic acid groups (broad SMARTS) is 1. The summed E-state index contributed by atoms with van der Waals surface area (Å²) in [5, 5.41) is 62.7. The standard InChI is InChI=1S/C30H37NO11/c1-14-12-30-9-5-15(14)11-19(30)29(2,20(33)6-10-30)8-7-21(34)31-22-17(4-3-16(23(22)35)27(39)40)41-28-26(38)25(37)24(36)18(13-32)42-28/h3-4,6,10,15,18-19,24-26,28,32,35-38H,1,5,7-9,11-13H2,2H3,(H,31,34)(H,39,40)/t15-,18+,19?,24+,25-,26+,28?,29-,30+/m0/s1. The SMILES string of the molecule is C=C1C[C@@]23C=CC(=O)[C@@](C)(CCC(=O)Nc4c(OC5O[C@H](CO)[C@@H](O)[C@H](O)[C@H]5O)ccc(C(=O)O)c4O)C2C[C@@H]1CC3. The molecule has 5 aliphatic rings. The first kappa shape index (κ1) is 30.2. The Hall–Kier alpha value is -3.29. The molecule has 6 rings (SSSR count). The van der Waals surface area contributed by atoms with Crippen LogP contribution in [0.2, 0.25) is 0 Å². The number of carbonyl (C=O) groups excluding carboxylic acids is 2. The number of anilines is 1. The minimum atomic E-state index is -1.79. The van der Waals surface area contributed by atoms with Crippen LogP contribution < -0.4 is 10.1 Å². The lowest BCUT2D eigenvalue weighted by Crippen LogP contribution is -2.60. The summed E-state index contributed by atoms with van der Waals surface area (Å²) in [6.45, 7) is 5.43. The first-order chi connectivity index (χ1) is 19.8. The van der Waals surface area contributed by atoms with Crippen molar-refractivity contribution >= 4 is 23.3 Å². The van der Waals surface area contributed by atoms with E-state index in [1.54, 1.807) is 6.08 Å². The Labute approximate surface area is 242 Å². The van der Waals surface area contributed by atoms with Gasteiger partial charge in [-0.3, -0.25) is 9.59 Å². The van der Waals surface area contributed by atoms with E-state index < -0.39 is 71.6 Å². The maximum absolute atomic E-state index is 13.3. The van der Waals surface area contributed by atoms with E-state index in [0.29, 0.717) is 5.92 Å². The minimum Gasteiger partial charge on any atom is -0.505 e. The van der Waals surface area contributed by atoms with Gasteiger partial charge in [-0.05, 0) is 67.6 Å². The van der Waals surface area contributed by atoms with Gasteiger partial charge in [0.05, 0.1) is 6.61 Å². The van der Waals surface area contributed by atoms with Gasteiger partial charge in [-0.25, -0.2) is 4.79 Å². The summed E-state index contributed by atoms with van der Waals surface area (Å²) in [7, 11) is 0. The third-order valence-electron chi connectivity index (χ3n) is 9.80. The van der Waals surface area contributed by atoms with E-state index in [9.17, 15) is 45.0 Å². The summed E-state index contributed by atoms with van der Waals surface area (Å²) >= 11 is 0. The molecule has 228 valence electrons. The van der Waals surface area contributed by atoms with Gasteiger partial charge in [0.25, 0.3) is 0 Å². The number of rotatable bonds is 8. The zero-order valence-electron chi connectivity index (χ0n) is 23.2. The fourth-order valence-electron chi connectivity index (χ4n) is 7.29. The Balaban J connectivity index is 1.36. The highest BCUT2D eigenvalue weighted by molar-refractivity contribution is 6.00. The van der Waals surface area contributed by atoms with Gasteiger partial charge in [-0.15, -0.1) is 0 Å². The molecule has 4 fully saturated rings. The van der Waals surface area contributed by atoms with Gasteiger partial charge < -0.3 is 45.4 Å². The number of ketones is 1. The quantitative estimate of drug-likeness (QED) is 0.171. The topological polar surface area (TPSA) is 203 Å². The Morgan fingerprint density at radius 1 is 1.19 bits per heavy atom. The van der Waals surface area contributed by atoms with E-state index in [2.05, 4.69) is 11.9 Å². The van der Waals surface area contributed by atoms with E-state index >= 15 is 0 Å². The molecule has 1 saturated heterocycles. The lowest BCUT2D eigenvalue weighted by atomic mass is 9.44. The monoisotopic (exact) mass is 587 g/mol. The number of aliphatic hydroxyl groups is 4. The van der Waals surface area contributed by atoms with E-state index in [1.807, 2.05) is 13.0 Å².